The third-order valence-corrected chi connectivity index (χ3v) is 11.2. The normalized spacial score (nSPS) is 46.1. The smallest absolute Gasteiger partial charge is 0.302 e. The van der Waals surface area contributed by atoms with Crippen LogP contribution >= 0.6 is 0 Å². The number of carbonyl (C=O) groups is 1. The molecule has 0 unspecified atom stereocenters. The molecule has 33 heavy (non-hydrogen) atoms. The van der Waals surface area contributed by atoms with Gasteiger partial charge in [0.2, 0.25) is 0 Å². The lowest BCUT2D eigenvalue weighted by atomic mass is 9.44. The number of esters is 1. The molecule has 0 saturated heterocycles. The molecule has 0 amide bonds. The summed E-state index contributed by atoms with van der Waals surface area (Å²) in [6.07, 6.45) is 12.0. The van der Waals surface area contributed by atoms with E-state index in [2.05, 4.69) is 20.8 Å². The Morgan fingerprint density at radius 2 is 1.64 bits per heavy atom. The third-order valence-electron chi connectivity index (χ3n) is 11.2. The van der Waals surface area contributed by atoms with Gasteiger partial charge in [-0.25, -0.2) is 0 Å². The van der Waals surface area contributed by atoms with Gasteiger partial charge in [0.1, 0.15) is 6.10 Å². The predicted octanol–water partition coefficient (Wildman–Crippen LogP) is 6.13. The van der Waals surface area contributed by atoms with Crippen molar-refractivity contribution >= 4 is 5.97 Å². The third kappa shape index (κ3) is 4.65. The highest BCUT2D eigenvalue weighted by atomic mass is 16.6. The van der Waals surface area contributed by atoms with E-state index >= 15 is 0 Å². The average Bonchev–Trinajstić information content (AvgIpc) is 3.06. The van der Waals surface area contributed by atoms with Gasteiger partial charge in [-0.1, -0.05) is 33.6 Å². The van der Waals surface area contributed by atoms with Crippen molar-refractivity contribution in [2.75, 3.05) is 0 Å². The summed E-state index contributed by atoms with van der Waals surface area (Å²) in [5.74, 6) is 3.84. The van der Waals surface area contributed by atoms with Crippen LogP contribution in [0.2, 0.25) is 0 Å². The van der Waals surface area contributed by atoms with Gasteiger partial charge in [-0.3, -0.25) is 4.79 Å². The van der Waals surface area contributed by atoms with Crippen LogP contribution in [0, 0.1) is 46.3 Å². The van der Waals surface area contributed by atoms with E-state index in [9.17, 15) is 15.0 Å². The standard InChI is InChI=1S/C29H50O4/c1-18(8-7-15-27(3,4)32)21-11-12-22-20-9-10-24-26(31)25(33-19(2)30)14-17-29(24,6)23(20)13-16-28(21,22)5/h18,20-26,31-32H,7-17H2,1-6H3/t18-,20+,21-,22+,23+,24+,25+,26-,28-,29-/m1/s1. The molecule has 4 aliphatic rings. The van der Waals surface area contributed by atoms with Gasteiger partial charge in [0, 0.05) is 6.92 Å². The van der Waals surface area contributed by atoms with Crippen LogP contribution < -0.4 is 0 Å². The van der Waals surface area contributed by atoms with Crippen LogP contribution in [0.1, 0.15) is 112 Å². The second kappa shape index (κ2) is 9.12. The molecule has 0 aromatic rings. The molecule has 0 spiro atoms. The molecule has 4 nitrogen and oxygen atoms in total. The van der Waals surface area contributed by atoms with Crippen LogP contribution in [0.4, 0.5) is 0 Å². The fourth-order valence-corrected chi connectivity index (χ4v) is 9.68. The molecule has 0 aliphatic heterocycles. The molecular weight excluding hydrogens is 412 g/mol. The summed E-state index contributed by atoms with van der Waals surface area (Å²) in [5.41, 5.74) is 0.0792. The van der Waals surface area contributed by atoms with Gasteiger partial charge in [-0.15, -0.1) is 0 Å². The summed E-state index contributed by atoms with van der Waals surface area (Å²) in [7, 11) is 0. The van der Waals surface area contributed by atoms with Crippen molar-refractivity contribution in [1.82, 2.24) is 0 Å². The second-order valence-corrected chi connectivity index (χ2v) is 13.7. The van der Waals surface area contributed by atoms with E-state index < -0.39 is 11.7 Å². The Balaban J connectivity index is 1.45. The lowest BCUT2D eigenvalue weighted by Crippen LogP contribution is -2.58. The summed E-state index contributed by atoms with van der Waals surface area (Å²) < 4.78 is 5.51. The predicted molar refractivity (Wildman–Crippen MR) is 131 cm³/mol. The molecule has 0 radical (unpaired) electrons. The highest BCUT2D eigenvalue weighted by Gasteiger charge is 2.62. The fraction of sp³-hybridized carbons (Fsp3) is 0.966. The number of aliphatic hydroxyl groups excluding tert-OH is 1. The average molecular weight is 463 g/mol. The minimum atomic E-state index is -0.549. The van der Waals surface area contributed by atoms with E-state index in [4.69, 9.17) is 4.74 Å². The first-order valence-electron chi connectivity index (χ1n) is 13.9. The maximum absolute atomic E-state index is 11.5. The van der Waals surface area contributed by atoms with Crippen molar-refractivity contribution in [1.29, 1.82) is 0 Å². The highest BCUT2D eigenvalue weighted by Crippen LogP contribution is 2.68. The maximum Gasteiger partial charge on any atom is 0.302 e. The van der Waals surface area contributed by atoms with Gasteiger partial charge in [0.15, 0.2) is 0 Å². The molecule has 4 fully saturated rings. The first-order chi connectivity index (χ1) is 15.4. The van der Waals surface area contributed by atoms with Crippen molar-refractivity contribution in [2.45, 2.75) is 130 Å². The molecule has 4 rings (SSSR count). The largest absolute Gasteiger partial charge is 0.460 e. The Labute approximate surface area is 202 Å². The monoisotopic (exact) mass is 462 g/mol. The molecule has 4 saturated carbocycles. The number of fused-ring (bicyclic) bond motifs is 5. The number of hydrogen-bond donors (Lipinski definition) is 2. The van der Waals surface area contributed by atoms with E-state index in [1.807, 2.05) is 13.8 Å². The van der Waals surface area contributed by atoms with Crippen molar-refractivity contribution < 1.29 is 19.7 Å². The van der Waals surface area contributed by atoms with Gasteiger partial charge < -0.3 is 14.9 Å². The Morgan fingerprint density at radius 3 is 2.30 bits per heavy atom. The van der Waals surface area contributed by atoms with Gasteiger partial charge in [-0.2, -0.15) is 0 Å². The Kier molecular flexibility index (Phi) is 7.04. The zero-order chi connectivity index (χ0) is 24.2. The summed E-state index contributed by atoms with van der Waals surface area (Å²) in [5, 5.41) is 21.3. The molecule has 4 aliphatic carbocycles. The summed E-state index contributed by atoms with van der Waals surface area (Å²) in [6.45, 7) is 12.9. The zero-order valence-electron chi connectivity index (χ0n) is 22.1. The molecule has 0 aromatic heterocycles. The Morgan fingerprint density at radius 1 is 1.00 bits per heavy atom. The lowest BCUT2D eigenvalue weighted by Gasteiger charge is -2.62. The number of carbonyl (C=O) groups excluding carboxylic acids is 1. The maximum atomic E-state index is 11.5. The number of hydrogen-bond acceptors (Lipinski definition) is 4. The van der Waals surface area contributed by atoms with Gasteiger partial charge in [-0.05, 0) is 118 Å². The highest BCUT2D eigenvalue weighted by molar-refractivity contribution is 5.66. The molecule has 4 heteroatoms. The van der Waals surface area contributed by atoms with Crippen LogP contribution in [0.15, 0.2) is 0 Å². The van der Waals surface area contributed by atoms with E-state index in [-0.39, 0.29) is 23.4 Å². The van der Waals surface area contributed by atoms with Crippen LogP contribution in [-0.4, -0.2) is 34.0 Å². The van der Waals surface area contributed by atoms with Gasteiger partial charge >= 0.3 is 5.97 Å². The van der Waals surface area contributed by atoms with Crippen molar-refractivity contribution in [3.63, 3.8) is 0 Å². The van der Waals surface area contributed by atoms with E-state index in [0.29, 0.717) is 11.3 Å². The van der Waals surface area contributed by atoms with E-state index in [1.165, 1.54) is 45.4 Å². The fourth-order valence-electron chi connectivity index (χ4n) is 9.68. The van der Waals surface area contributed by atoms with Crippen LogP contribution in [0.5, 0.6) is 0 Å². The van der Waals surface area contributed by atoms with Crippen LogP contribution in [0.25, 0.3) is 0 Å². The first kappa shape index (κ1) is 25.5. The molecule has 0 bridgehead atoms. The molecular formula is C29H50O4. The second-order valence-electron chi connectivity index (χ2n) is 13.7. The Bertz CT molecular complexity index is 713. The van der Waals surface area contributed by atoms with Gasteiger partial charge in [0.05, 0.1) is 11.7 Å². The van der Waals surface area contributed by atoms with Crippen molar-refractivity contribution in [2.24, 2.45) is 46.3 Å². The van der Waals surface area contributed by atoms with Gasteiger partial charge in [0.25, 0.3) is 0 Å². The topological polar surface area (TPSA) is 66.8 Å². The number of ether oxygens (including phenoxy) is 1. The molecule has 10 atom stereocenters. The van der Waals surface area contributed by atoms with Crippen LogP contribution in [0.3, 0.4) is 0 Å². The summed E-state index contributed by atoms with van der Waals surface area (Å²) >= 11 is 0. The lowest BCUT2D eigenvalue weighted by molar-refractivity contribution is -0.191. The molecule has 190 valence electrons. The molecule has 2 N–H and O–H groups in total. The molecule has 0 heterocycles. The molecule has 0 aromatic carbocycles. The van der Waals surface area contributed by atoms with E-state index in [1.54, 1.807) is 0 Å². The van der Waals surface area contributed by atoms with Crippen molar-refractivity contribution in [3.05, 3.63) is 0 Å². The number of rotatable bonds is 6. The SMILES string of the molecule is CC(=O)O[C@H]1CC[C@@]2(C)[C@@H](CC[C@@H]3[C@@H]2CC[C@]2(C)[C@@H]([C@H](C)CCCC(C)(C)O)CC[C@@H]32)[C@H]1O. The van der Waals surface area contributed by atoms with E-state index in [0.717, 1.165) is 55.8 Å². The number of aliphatic hydroxyl groups is 2. The minimum absolute atomic E-state index is 0.177. The first-order valence-corrected chi connectivity index (χ1v) is 13.9. The Hall–Kier alpha value is -0.610. The summed E-state index contributed by atoms with van der Waals surface area (Å²) in [6, 6.07) is 0. The minimum Gasteiger partial charge on any atom is -0.460 e. The zero-order valence-corrected chi connectivity index (χ0v) is 22.1. The van der Waals surface area contributed by atoms with Crippen molar-refractivity contribution in [3.8, 4) is 0 Å². The van der Waals surface area contributed by atoms with Crippen LogP contribution in [-0.2, 0) is 9.53 Å². The summed E-state index contributed by atoms with van der Waals surface area (Å²) in [4.78, 5) is 11.5. The quantitative estimate of drug-likeness (QED) is 0.466.